The molecule has 2 aromatic carbocycles. The SMILES string of the molecule is CCn1c(=O)n(O)c(=O)c2cc(-c3cn(Cc4ccc(F)cc4F)nn3)ccc21. The second-order valence-corrected chi connectivity index (χ2v) is 6.41. The summed E-state index contributed by atoms with van der Waals surface area (Å²) < 4.78 is 29.6. The quantitative estimate of drug-likeness (QED) is 0.530. The molecule has 1 N–H and O–H groups in total. The van der Waals surface area contributed by atoms with Gasteiger partial charge in [-0.15, -0.1) is 5.10 Å². The molecule has 0 bridgehead atoms. The van der Waals surface area contributed by atoms with Crippen LogP contribution in [-0.4, -0.2) is 29.5 Å². The molecule has 0 saturated carbocycles. The summed E-state index contributed by atoms with van der Waals surface area (Å²) in [5, 5.41) is 17.9. The lowest BCUT2D eigenvalue weighted by Gasteiger charge is -2.09. The molecule has 8 nitrogen and oxygen atoms in total. The van der Waals surface area contributed by atoms with Gasteiger partial charge in [0, 0.05) is 23.7 Å². The van der Waals surface area contributed by atoms with E-state index in [9.17, 15) is 23.6 Å². The van der Waals surface area contributed by atoms with Gasteiger partial charge in [0.05, 0.1) is 23.6 Å². The number of rotatable bonds is 4. The molecule has 0 radical (unpaired) electrons. The number of fused-ring (bicyclic) bond motifs is 1. The summed E-state index contributed by atoms with van der Waals surface area (Å²) in [4.78, 5) is 24.3. The first-order valence-electron chi connectivity index (χ1n) is 8.72. The van der Waals surface area contributed by atoms with E-state index in [1.165, 1.54) is 21.4 Å². The van der Waals surface area contributed by atoms with E-state index in [2.05, 4.69) is 10.3 Å². The highest BCUT2D eigenvalue weighted by Crippen LogP contribution is 2.21. The largest absolute Gasteiger partial charge is 0.421 e. The summed E-state index contributed by atoms with van der Waals surface area (Å²) in [5.41, 5.74) is -0.0783. The number of halogens is 2. The van der Waals surface area contributed by atoms with Crippen LogP contribution in [0.15, 0.2) is 52.2 Å². The predicted molar refractivity (Wildman–Crippen MR) is 99.8 cm³/mol. The Bertz CT molecular complexity index is 1360. The Morgan fingerprint density at radius 3 is 2.62 bits per heavy atom. The van der Waals surface area contributed by atoms with Crippen molar-refractivity contribution in [2.75, 3.05) is 0 Å². The van der Waals surface area contributed by atoms with Crippen LogP contribution in [0.25, 0.3) is 22.2 Å². The highest BCUT2D eigenvalue weighted by atomic mass is 19.1. The first-order chi connectivity index (χ1) is 13.9. The number of hydrogen-bond acceptors (Lipinski definition) is 5. The number of aromatic nitrogens is 5. The minimum Gasteiger partial charge on any atom is -0.421 e. The van der Waals surface area contributed by atoms with Crippen LogP contribution in [0, 0.1) is 11.6 Å². The normalized spacial score (nSPS) is 11.3. The van der Waals surface area contributed by atoms with Crippen molar-refractivity contribution in [2.24, 2.45) is 0 Å². The standard InChI is InChI=1S/C19H15F2N5O3/c1-2-25-17-6-4-11(7-14(17)18(27)26(29)19(25)28)16-10-24(23-22-16)9-12-3-5-13(20)8-15(12)21/h3-8,10,29H,2,9H2,1H3. The first kappa shape index (κ1) is 18.5. The predicted octanol–water partition coefficient (Wildman–Crippen LogP) is 2.01. The molecule has 29 heavy (non-hydrogen) atoms. The van der Waals surface area contributed by atoms with Crippen LogP contribution >= 0.6 is 0 Å². The summed E-state index contributed by atoms with van der Waals surface area (Å²) in [6.07, 6.45) is 1.55. The van der Waals surface area contributed by atoms with E-state index in [1.807, 2.05) is 0 Å². The third kappa shape index (κ3) is 3.18. The topological polar surface area (TPSA) is 94.9 Å². The molecule has 0 amide bonds. The molecule has 0 aliphatic rings. The minimum atomic E-state index is -0.836. The Balaban J connectivity index is 1.74. The van der Waals surface area contributed by atoms with Gasteiger partial charge in [-0.25, -0.2) is 18.3 Å². The van der Waals surface area contributed by atoms with Crippen molar-refractivity contribution in [2.45, 2.75) is 20.0 Å². The molecule has 148 valence electrons. The van der Waals surface area contributed by atoms with Crippen LogP contribution in [-0.2, 0) is 13.1 Å². The van der Waals surface area contributed by atoms with E-state index in [4.69, 9.17) is 0 Å². The van der Waals surface area contributed by atoms with Crippen molar-refractivity contribution in [1.29, 1.82) is 0 Å². The van der Waals surface area contributed by atoms with Gasteiger partial charge in [0.1, 0.15) is 17.3 Å². The van der Waals surface area contributed by atoms with Crippen LogP contribution in [0.3, 0.4) is 0 Å². The second kappa shape index (κ2) is 6.97. The average molecular weight is 399 g/mol. The first-order valence-corrected chi connectivity index (χ1v) is 8.72. The van der Waals surface area contributed by atoms with Crippen LogP contribution in [0.2, 0.25) is 0 Å². The Kier molecular flexibility index (Phi) is 4.45. The highest BCUT2D eigenvalue weighted by Gasteiger charge is 2.14. The van der Waals surface area contributed by atoms with Gasteiger partial charge in [0.2, 0.25) is 0 Å². The fraction of sp³-hybridized carbons (Fsp3) is 0.158. The summed E-state index contributed by atoms with van der Waals surface area (Å²) in [5.74, 6) is -1.35. The molecule has 0 unspecified atom stereocenters. The summed E-state index contributed by atoms with van der Waals surface area (Å²) in [6, 6.07) is 8.05. The van der Waals surface area contributed by atoms with Gasteiger partial charge in [-0.3, -0.25) is 9.36 Å². The molecule has 0 aliphatic heterocycles. The van der Waals surface area contributed by atoms with E-state index < -0.39 is 22.9 Å². The molecule has 0 spiro atoms. The summed E-state index contributed by atoms with van der Waals surface area (Å²) >= 11 is 0. The van der Waals surface area contributed by atoms with Crippen molar-refractivity contribution in [3.8, 4) is 11.3 Å². The van der Waals surface area contributed by atoms with Crippen molar-refractivity contribution in [1.82, 2.24) is 24.3 Å². The van der Waals surface area contributed by atoms with E-state index in [-0.39, 0.29) is 28.8 Å². The van der Waals surface area contributed by atoms with E-state index in [0.29, 0.717) is 16.8 Å². The lowest BCUT2D eigenvalue weighted by molar-refractivity contribution is 0.157. The molecule has 0 aliphatic carbocycles. The van der Waals surface area contributed by atoms with E-state index in [0.717, 1.165) is 12.1 Å². The number of benzene rings is 2. The Morgan fingerprint density at radius 2 is 1.90 bits per heavy atom. The van der Waals surface area contributed by atoms with Crippen LogP contribution in [0.4, 0.5) is 8.78 Å². The average Bonchev–Trinajstić information content (AvgIpc) is 3.17. The molecule has 10 heteroatoms. The lowest BCUT2D eigenvalue weighted by Crippen LogP contribution is -2.38. The second-order valence-electron chi connectivity index (χ2n) is 6.41. The zero-order chi connectivity index (χ0) is 20.7. The zero-order valence-corrected chi connectivity index (χ0v) is 15.2. The molecule has 0 saturated heterocycles. The number of nitrogens with zero attached hydrogens (tertiary/aromatic N) is 5. The number of aryl methyl sites for hydroxylation is 1. The zero-order valence-electron chi connectivity index (χ0n) is 15.2. The fourth-order valence-electron chi connectivity index (χ4n) is 3.16. The smallest absolute Gasteiger partial charge is 0.364 e. The maximum Gasteiger partial charge on any atom is 0.364 e. The summed E-state index contributed by atoms with van der Waals surface area (Å²) in [6.45, 7) is 2.04. The Morgan fingerprint density at radius 1 is 1.10 bits per heavy atom. The van der Waals surface area contributed by atoms with Crippen molar-refractivity contribution in [3.63, 3.8) is 0 Å². The van der Waals surface area contributed by atoms with Gasteiger partial charge in [0.15, 0.2) is 0 Å². The van der Waals surface area contributed by atoms with Gasteiger partial charge < -0.3 is 5.21 Å². The van der Waals surface area contributed by atoms with Crippen LogP contribution in [0.5, 0.6) is 0 Å². The highest BCUT2D eigenvalue weighted by molar-refractivity contribution is 5.83. The van der Waals surface area contributed by atoms with Gasteiger partial charge >= 0.3 is 5.69 Å². The van der Waals surface area contributed by atoms with Crippen LogP contribution in [0.1, 0.15) is 12.5 Å². The molecule has 2 aromatic heterocycles. The third-order valence-electron chi connectivity index (χ3n) is 4.62. The van der Waals surface area contributed by atoms with E-state index >= 15 is 0 Å². The lowest BCUT2D eigenvalue weighted by atomic mass is 10.1. The molecular formula is C19H15F2N5O3. The molecule has 0 atom stereocenters. The Labute approximate surface area is 161 Å². The van der Waals surface area contributed by atoms with E-state index in [1.54, 1.807) is 25.3 Å². The molecule has 0 fully saturated rings. The third-order valence-corrected chi connectivity index (χ3v) is 4.62. The van der Waals surface area contributed by atoms with Crippen molar-refractivity contribution < 1.29 is 14.0 Å². The minimum absolute atomic E-state index is 0.0471. The van der Waals surface area contributed by atoms with Crippen molar-refractivity contribution in [3.05, 3.63) is 80.6 Å². The molecular weight excluding hydrogens is 384 g/mol. The van der Waals surface area contributed by atoms with Gasteiger partial charge in [-0.1, -0.05) is 22.1 Å². The van der Waals surface area contributed by atoms with Gasteiger partial charge in [-0.05, 0) is 25.1 Å². The molecule has 4 rings (SSSR count). The maximum atomic E-state index is 13.8. The van der Waals surface area contributed by atoms with Crippen molar-refractivity contribution >= 4 is 10.9 Å². The molecule has 2 heterocycles. The maximum absolute atomic E-state index is 13.8. The fourth-order valence-corrected chi connectivity index (χ4v) is 3.16. The van der Waals surface area contributed by atoms with Gasteiger partial charge in [-0.2, -0.15) is 0 Å². The summed E-state index contributed by atoms with van der Waals surface area (Å²) in [7, 11) is 0. The number of hydrogen-bond donors (Lipinski definition) is 1. The monoisotopic (exact) mass is 399 g/mol. The molecule has 4 aromatic rings. The Hall–Kier alpha value is -3.82. The van der Waals surface area contributed by atoms with Gasteiger partial charge in [0.25, 0.3) is 5.56 Å². The van der Waals surface area contributed by atoms with Crippen LogP contribution < -0.4 is 11.2 Å².